The highest BCUT2D eigenvalue weighted by atomic mass is 35.5. The second-order valence-electron chi connectivity index (χ2n) is 3.66. The van der Waals surface area contributed by atoms with Crippen LogP contribution in [0.3, 0.4) is 0 Å². The molecule has 0 saturated carbocycles. The number of hydrogen-bond donors (Lipinski definition) is 0. The summed E-state index contributed by atoms with van der Waals surface area (Å²) in [6.07, 6.45) is 3.22. The number of rotatable bonds is 2. The van der Waals surface area contributed by atoms with Gasteiger partial charge in [0.2, 0.25) is 0 Å². The Morgan fingerprint density at radius 1 is 1.41 bits per heavy atom. The van der Waals surface area contributed by atoms with E-state index in [4.69, 9.17) is 28.5 Å². The SMILES string of the molecule is CC(C#N)c1ccc(-n2cc(Cl)cn2)c(Cl)c1. The maximum atomic E-state index is 8.84. The first-order chi connectivity index (χ1) is 8.11. The lowest BCUT2D eigenvalue weighted by Gasteiger charge is -2.08. The fourth-order valence-corrected chi connectivity index (χ4v) is 1.90. The van der Waals surface area contributed by atoms with E-state index in [1.165, 1.54) is 0 Å². The van der Waals surface area contributed by atoms with Gasteiger partial charge in [0.05, 0.1) is 33.9 Å². The first-order valence-corrected chi connectivity index (χ1v) is 5.77. The zero-order valence-corrected chi connectivity index (χ0v) is 10.6. The highest BCUT2D eigenvalue weighted by molar-refractivity contribution is 6.32. The molecule has 0 aliphatic carbocycles. The van der Waals surface area contributed by atoms with Crippen LogP contribution in [0.2, 0.25) is 10.0 Å². The van der Waals surface area contributed by atoms with Crippen LogP contribution in [0, 0.1) is 11.3 Å². The molecule has 1 heterocycles. The normalized spacial score (nSPS) is 12.1. The Bertz CT molecular complexity index is 584. The Morgan fingerprint density at radius 3 is 2.71 bits per heavy atom. The number of nitrogens with zero attached hydrogens (tertiary/aromatic N) is 3. The van der Waals surface area contributed by atoms with Crippen LogP contribution in [0.4, 0.5) is 0 Å². The van der Waals surface area contributed by atoms with Gasteiger partial charge in [-0.3, -0.25) is 0 Å². The van der Waals surface area contributed by atoms with Gasteiger partial charge >= 0.3 is 0 Å². The fourth-order valence-electron chi connectivity index (χ4n) is 1.49. The van der Waals surface area contributed by atoms with Crippen molar-refractivity contribution in [3.8, 4) is 11.8 Å². The summed E-state index contributed by atoms with van der Waals surface area (Å²) in [5.74, 6) is -0.178. The third-order valence-electron chi connectivity index (χ3n) is 2.46. The molecule has 0 aliphatic heterocycles. The molecule has 0 spiro atoms. The van der Waals surface area contributed by atoms with E-state index in [9.17, 15) is 0 Å². The molecule has 0 bridgehead atoms. The van der Waals surface area contributed by atoms with Crippen molar-refractivity contribution in [1.82, 2.24) is 9.78 Å². The van der Waals surface area contributed by atoms with Crippen molar-refractivity contribution in [2.45, 2.75) is 12.8 Å². The molecule has 0 radical (unpaired) electrons. The summed E-state index contributed by atoms with van der Waals surface area (Å²) in [7, 11) is 0. The molecule has 86 valence electrons. The highest BCUT2D eigenvalue weighted by Gasteiger charge is 2.09. The summed E-state index contributed by atoms with van der Waals surface area (Å²) in [5.41, 5.74) is 1.63. The van der Waals surface area contributed by atoms with E-state index in [0.717, 1.165) is 11.3 Å². The zero-order valence-electron chi connectivity index (χ0n) is 9.06. The average molecular weight is 266 g/mol. The predicted octanol–water partition coefficient (Wildman–Crippen LogP) is 3.81. The van der Waals surface area contributed by atoms with E-state index < -0.39 is 0 Å². The summed E-state index contributed by atoms with van der Waals surface area (Å²) in [6, 6.07) is 7.64. The van der Waals surface area contributed by atoms with Gasteiger partial charge in [-0.05, 0) is 24.6 Å². The predicted molar refractivity (Wildman–Crippen MR) is 67.6 cm³/mol. The van der Waals surface area contributed by atoms with E-state index in [0.29, 0.717) is 10.0 Å². The number of hydrogen-bond acceptors (Lipinski definition) is 2. The first kappa shape index (κ1) is 12.0. The van der Waals surface area contributed by atoms with Crippen LogP contribution < -0.4 is 0 Å². The van der Waals surface area contributed by atoms with Crippen molar-refractivity contribution in [3.63, 3.8) is 0 Å². The first-order valence-electron chi connectivity index (χ1n) is 5.01. The number of halogens is 2. The lowest BCUT2D eigenvalue weighted by Crippen LogP contribution is -1.97. The largest absolute Gasteiger partial charge is 0.238 e. The maximum absolute atomic E-state index is 8.84. The van der Waals surface area contributed by atoms with Crippen molar-refractivity contribution in [1.29, 1.82) is 5.26 Å². The van der Waals surface area contributed by atoms with Gasteiger partial charge < -0.3 is 0 Å². The minimum absolute atomic E-state index is 0.178. The van der Waals surface area contributed by atoms with Crippen LogP contribution in [-0.2, 0) is 0 Å². The van der Waals surface area contributed by atoms with Crippen LogP contribution in [0.1, 0.15) is 18.4 Å². The molecule has 0 amide bonds. The van der Waals surface area contributed by atoms with Gasteiger partial charge in [0.1, 0.15) is 0 Å². The summed E-state index contributed by atoms with van der Waals surface area (Å²) in [5, 5.41) is 14.0. The van der Waals surface area contributed by atoms with E-state index in [2.05, 4.69) is 11.2 Å². The molecule has 0 aliphatic rings. The summed E-state index contributed by atoms with van der Waals surface area (Å²) < 4.78 is 1.60. The lowest BCUT2D eigenvalue weighted by atomic mass is 10.0. The number of aromatic nitrogens is 2. The molecule has 17 heavy (non-hydrogen) atoms. The molecule has 5 heteroatoms. The Labute approximate surface area is 109 Å². The van der Waals surface area contributed by atoms with Crippen molar-refractivity contribution >= 4 is 23.2 Å². The van der Waals surface area contributed by atoms with Crippen molar-refractivity contribution in [2.75, 3.05) is 0 Å². The second-order valence-corrected chi connectivity index (χ2v) is 4.51. The summed E-state index contributed by atoms with van der Waals surface area (Å²) in [6.45, 7) is 1.83. The molecule has 1 aromatic heterocycles. The van der Waals surface area contributed by atoms with Gasteiger partial charge in [-0.2, -0.15) is 10.4 Å². The highest BCUT2D eigenvalue weighted by Crippen LogP contribution is 2.25. The topological polar surface area (TPSA) is 41.6 Å². The van der Waals surface area contributed by atoms with Crippen LogP contribution in [0.25, 0.3) is 5.69 Å². The monoisotopic (exact) mass is 265 g/mol. The van der Waals surface area contributed by atoms with Gasteiger partial charge in [0.15, 0.2) is 0 Å². The second kappa shape index (κ2) is 4.79. The molecule has 1 atom stereocenters. The molecular weight excluding hydrogens is 257 g/mol. The average Bonchev–Trinajstić information content (AvgIpc) is 2.74. The molecule has 3 nitrogen and oxygen atoms in total. The van der Waals surface area contributed by atoms with Crippen molar-refractivity contribution in [2.24, 2.45) is 0 Å². The molecule has 2 rings (SSSR count). The zero-order chi connectivity index (χ0) is 12.4. The summed E-state index contributed by atoms with van der Waals surface area (Å²) >= 11 is 12.0. The molecule has 0 N–H and O–H groups in total. The van der Waals surface area contributed by atoms with Crippen LogP contribution in [0.5, 0.6) is 0 Å². The Balaban J connectivity index is 2.42. The smallest absolute Gasteiger partial charge is 0.0832 e. The van der Waals surface area contributed by atoms with Crippen molar-refractivity contribution < 1.29 is 0 Å². The number of benzene rings is 1. The standard InChI is InChI=1S/C12H9Cl2N3/c1-8(5-15)9-2-3-12(11(14)4-9)17-7-10(13)6-16-17/h2-4,6-8H,1H3. The van der Waals surface area contributed by atoms with E-state index in [1.807, 2.05) is 19.1 Å². The van der Waals surface area contributed by atoms with Gasteiger partial charge in [-0.25, -0.2) is 4.68 Å². The van der Waals surface area contributed by atoms with Crippen LogP contribution in [-0.4, -0.2) is 9.78 Å². The molecular formula is C12H9Cl2N3. The molecule has 0 saturated heterocycles. The third-order valence-corrected chi connectivity index (χ3v) is 2.96. The van der Waals surface area contributed by atoms with E-state index in [-0.39, 0.29) is 5.92 Å². The van der Waals surface area contributed by atoms with Gasteiger partial charge in [0.25, 0.3) is 0 Å². The van der Waals surface area contributed by atoms with Crippen LogP contribution in [0.15, 0.2) is 30.6 Å². The van der Waals surface area contributed by atoms with Gasteiger partial charge in [0, 0.05) is 6.20 Å². The molecule has 1 unspecified atom stereocenters. The summed E-state index contributed by atoms with van der Waals surface area (Å²) in [4.78, 5) is 0. The fraction of sp³-hybridized carbons (Fsp3) is 0.167. The van der Waals surface area contributed by atoms with Gasteiger partial charge in [-0.1, -0.05) is 29.3 Å². The Kier molecular flexibility index (Phi) is 3.37. The Hall–Kier alpha value is -1.50. The molecule has 2 aromatic rings. The minimum atomic E-state index is -0.178. The lowest BCUT2D eigenvalue weighted by molar-refractivity contribution is 0.877. The Morgan fingerprint density at radius 2 is 2.18 bits per heavy atom. The van der Waals surface area contributed by atoms with E-state index in [1.54, 1.807) is 23.1 Å². The molecule has 0 fully saturated rings. The maximum Gasteiger partial charge on any atom is 0.0832 e. The third kappa shape index (κ3) is 2.44. The van der Waals surface area contributed by atoms with Crippen molar-refractivity contribution in [3.05, 3.63) is 46.2 Å². The minimum Gasteiger partial charge on any atom is -0.238 e. The number of nitriles is 1. The van der Waals surface area contributed by atoms with Gasteiger partial charge in [-0.15, -0.1) is 0 Å². The quantitative estimate of drug-likeness (QED) is 0.829. The molecule has 1 aromatic carbocycles. The van der Waals surface area contributed by atoms with E-state index >= 15 is 0 Å². The van der Waals surface area contributed by atoms with Crippen LogP contribution >= 0.6 is 23.2 Å².